The maximum atomic E-state index is 11.7. The molecule has 2 rings (SSSR count). The molecule has 5 nitrogen and oxygen atoms in total. The first kappa shape index (κ1) is 11.8. The van der Waals surface area contributed by atoms with E-state index >= 15 is 0 Å². The number of nitrogens with zero attached hydrogens (tertiary/aromatic N) is 1. The highest BCUT2D eigenvalue weighted by Gasteiger charge is 2.07. The summed E-state index contributed by atoms with van der Waals surface area (Å²) in [5.74, 6) is -0.490. The highest BCUT2D eigenvalue weighted by molar-refractivity contribution is 5.90. The van der Waals surface area contributed by atoms with Gasteiger partial charge in [0.25, 0.3) is 0 Å². The fraction of sp³-hybridized carbons (Fsp3) is 0. The molecule has 2 N–H and O–H groups in total. The summed E-state index contributed by atoms with van der Waals surface area (Å²) in [6, 6.07) is 15.5. The fourth-order valence-corrected chi connectivity index (χ4v) is 1.39. The van der Waals surface area contributed by atoms with Gasteiger partial charge >= 0.3 is 5.97 Å². The van der Waals surface area contributed by atoms with Crippen LogP contribution >= 0.6 is 0 Å². The molecule has 2 aromatic rings. The van der Waals surface area contributed by atoms with Gasteiger partial charge in [0.05, 0.1) is 11.3 Å². The van der Waals surface area contributed by atoms with Crippen LogP contribution in [0.5, 0.6) is 0 Å². The van der Waals surface area contributed by atoms with Gasteiger partial charge in [-0.2, -0.15) is 5.11 Å². The molecule has 0 aliphatic heterocycles. The van der Waals surface area contributed by atoms with Gasteiger partial charge in [-0.15, -0.1) is 0 Å². The number of hydrogen-bond donors (Lipinski definition) is 2. The Morgan fingerprint density at radius 3 is 2.44 bits per heavy atom. The summed E-state index contributed by atoms with van der Waals surface area (Å²) in [7, 11) is 0. The third-order valence-electron chi connectivity index (χ3n) is 2.29. The summed E-state index contributed by atoms with van der Waals surface area (Å²) < 4.78 is 0. The summed E-state index contributed by atoms with van der Waals surface area (Å²) in [4.78, 5) is 16.6. The van der Waals surface area contributed by atoms with Gasteiger partial charge in [-0.25, -0.2) is 15.8 Å². The third kappa shape index (κ3) is 2.70. The molecule has 0 aromatic heterocycles. The van der Waals surface area contributed by atoms with Crippen LogP contribution in [0.1, 0.15) is 10.4 Å². The van der Waals surface area contributed by atoms with E-state index in [0.29, 0.717) is 16.9 Å². The van der Waals surface area contributed by atoms with E-state index in [4.69, 9.17) is 10.4 Å². The minimum Gasteiger partial charge on any atom is -0.338 e. The van der Waals surface area contributed by atoms with Gasteiger partial charge in [-0.05, 0) is 24.3 Å². The molecule has 18 heavy (non-hydrogen) atoms. The number of hydrogen-bond acceptors (Lipinski definition) is 5. The fourth-order valence-electron chi connectivity index (χ4n) is 1.39. The number of anilines is 1. The molecule has 5 heteroatoms. The van der Waals surface area contributed by atoms with E-state index in [1.807, 2.05) is 6.07 Å². The third-order valence-corrected chi connectivity index (χ3v) is 2.29. The molecule has 0 saturated heterocycles. The molecule has 0 aliphatic rings. The molecular weight excluding hydrogens is 230 g/mol. The molecule has 0 aliphatic carbocycles. The second kappa shape index (κ2) is 5.58. The number of carbonyl (C=O) groups is 1. The predicted molar refractivity (Wildman–Crippen MR) is 66.7 cm³/mol. The zero-order chi connectivity index (χ0) is 12.8. The molecule has 0 saturated carbocycles. The zero-order valence-electron chi connectivity index (χ0n) is 9.46. The van der Waals surface area contributed by atoms with Gasteiger partial charge in [0, 0.05) is 0 Å². The van der Waals surface area contributed by atoms with Crippen LogP contribution in [0.25, 0.3) is 0 Å². The number of carbonyl (C=O) groups excluding carboxylic acids is 1. The number of benzene rings is 2. The highest BCUT2D eigenvalue weighted by Crippen LogP contribution is 2.23. The van der Waals surface area contributed by atoms with E-state index < -0.39 is 5.97 Å². The molecular formula is C13H11N3O2. The normalized spacial score (nSPS) is 9.56. The molecule has 0 bridgehead atoms. The summed E-state index contributed by atoms with van der Waals surface area (Å²) in [6.07, 6.45) is 0. The Labute approximate surface area is 104 Å². The summed E-state index contributed by atoms with van der Waals surface area (Å²) in [6.45, 7) is 0. The Kier molecular flexibility index (Phi) is 3.66. The molecule has 2 aromatic carbocycles. The minimum atomic E-state index is -0.490. The van der Waals surface area contributed by atoms with Crippen molar-refractivity contribution in [1.29, 1.82) is 5.53 Å². The average Bonchev–Trinajstić information content (AvgIpc) is 2.46. The van der Waals surface area contributed by atoms with Gasteiger partial charge in [0.15, 0.2) is 0 Å². The van der Waals surface area contributed by atoms with Gasteiger partial charge < -0.3 is 4.84 Å². The van der Waals surface area contributed by atoms with E-state index in [9.17, 15) is 4.79 Å². The van der Waals surface area contributed by atoms with Crippen LogP contribution in [-0.4, -0.2) is 5.97 Å². The lowest BCUT2D eigenvalue weighted by Gasteiger charge is -2.08. The first-order valence-corrected chi connectivity index (χ1v) is 5.30. The van der Waals surface area contributed by atoms with Crippen LogP contribution in [-0.2, 0) is 4.84 Å². The van der Waals surface area contributed by atoms with Crippen LogP contribution in [0.2, 0.25) is 0 Å². The van der Waals surface area contributed by atoms with Crippen LogP contribution < -0.4 is 5.48 Å². The Balaban J connectivity index is 2.04. The Morgan fingerprint density at radius 1 is 1.06 bits per heavy atom. The molecule has 0 spiro atoms. The maximum Gasteiger partial charge on any atom is 0.362 e. The smallest absolute Gasteiger partial charge is 0.338 e. The van der Waals surface area contributed by atoms with Crippen molar-refractivity contribution in [2.24, 2.45) is 5.11 Å². The van der Waals surface area contributed by atoms with Crippen molar-refractivity contribution in [2.45, 2.75) is 0 Å². The molecule has 0 fully saturated rings. The van der Waals surface area contributed by atoms with E-state index in [1.165, 1.54) is 0 Å². The van der Waals surface area contributed by atoms with E-state index in [2.05, 4.69) is 10.6 Å². The Morgan fingerprint density at radius 2 is 1.72 bits per heavy atom. The lowest BCUT2D eigenvalue weighted by Crippen LogP contribution is -2.10. The monoisotopic (exact) mass is 241 g/mol. The summed E-state index contributed by atoms with van der Waals surface area (Å²) >= 11 is 0. The second-order valence-corrected chi connectivity index (χ2v) is 3.49. The van der Waals surface area contributed by atoms with E-state index in [-0.39, 0.29) is 0 Å². The van der Waals surface area contributed by atoms with Crippen molar-refractivity contribution < 1.29 is 9.63 Å². The van der Waals surface area contributed by atoms with Gasteiger partial charge in [0.1, 0.15) is 5.69 Å². The molecule has 0 atom stereocenters. The average molecular weight is 241 g/mol. The summed E-state index contributed by atoms with van der Waals surface area (Å²) in [5.41, 5.74) is 10.8. The van der Waals surface area contributed by atoms with Gasteiger partial charge in [-0.3, -0.25) is 0 Å². The van der Waals surface area contributed by atoms with Crippen LogP contribution in [0.3, 0.4) is 0 Å². The van der Waals surface area contributed by atoms with Crippen molar-refractivity contribution in [1.82, 2.24) is 0 Å². The quantitative estimate of drug-likeness (QED) is 0.635. The van der Waals surface area contributed by atoms with Crippen LogP contribution in [0.4, 0.5) is 11.4 Å². The SMILES string of the molecule is N=Nc1ccccc1NOC(=O)c1ccccc1. The summed E-state index contributed by atoms with van der Waals surface area (Å²) in [5, 5.41) is 3.32. The van der Waals surface area contributed by atoms with E-state index in [0.717, 1.165) is 0 Å². The van der Waals surface area contributed by atoms with Crippen LogP contribution in [0, 0.1) is 5.53 Å². The van der Waals surface area contributed by atoms with Crippen molar-refractivity contribution in [2.75, 3.05) is 5.48 Å². The molecule has 0 heterocycles. The maximum absolute atomic E-state index is 11.7. The molecule has 0 radical (unpaired) electrons. The van der Waals surface area contributed by atoms with Crippen molar-refractivity contribution in [3.05, 3.63) is 60.2 Å². The zero-order valence-corrected chi connectivity index (χ0v) is 9.46. The highest BCUT2D eigenvalue weighted by atomic mass is 16.7. The molecule has 0 amide bonds. The number of para-hydroxylation sites is 2. The number of rotatable bonds is 4. The second-order valence-electron chi connectivity index (χ2n) is 3.49. The van der Waals surface area contributed by atoms with Gasteiger partial charge in [0.2, 0.25) is 0 Å². The van der Waals surface area contributed by atoms with Crippen LogP contribution in [0.15, 0.2) is 59.7 Å². The standard InChI is InChI=1S/C13H11N3O2/c14-15-11-8-4-5-9-12(11)16-18-13(17)10-6-2-1-3-7-10/h1-9,14,16H. The number of nitrogens with one attached hydrogen (secondary N) is 2. The van der Waals surface area contributed by atoms with Crippen molar-refractivity contribution >= 4 is 17.3 Å². The van der Waals surface area contributed by atoms with Gasteiger partial charge in [-0.1, -0.05) is 30.3 Å². The first-order chi connectivity index (χ1) is 8.81. The lowest BCUT2D eigenvalue weighted by molar-refractivity contribution is 0.0596. The molecule has 90 valence electrons. The van der Waals surface area contributed by atoms with Crippen molar-refractivity contribution in [3.63, 3.8) is 0 Å². The molecule has 0 unspecified atom stereocenters. The largest absolute Gasteiger partial charge is 0.362 e. The Bertz CT molecular complexity index is 555. The van der Waals surface area contributed by atoms with Crippen molar-refractivity contribution in [3.8, 4) is 0 Å². The van der Waals surface area contributed by atoms with E-state index in [1.54, 1.807) is 48.5 Å². The Hall–Kier alpha value is -2.69. The minimum absolute atomic E-state index is 0.401. The predicted octanol–water partition coefficient (Wildman–Crippen LogP) is 3.53. The lowest BCUT2D eigenvalue weighted by atomic mass is 10.2. The first-order valence-electron chi connectivity index (χ1n) is 5.30. The topological polar surface area (TPSA) is 74.5 Å².